The Balaban J connectivity index is 0.00000280. The quantitative estimate of drug-likeness (QED) is 0.366. The van der Waals surface area contributed by atoms with Crippen LogP contribution in [0.3, 0.4) is 0 Å². The van der Waals surface area contributed by atoms with Crippen molar-refractivity contribution in [3.8, 4) is 0 Å². The third-order valence-electron chi connectivity index (χ3n) is 4.89. The molecule has 2 fully saturated rings. The van der Waals surface area contributed by atoms with Crippen LogP contribution >= 0.6 is 35.6 Å². The summed E-state index contributed by atoms with van der Waals surface area (Å²) >= 11 is 6.15. The van der Waals surface area contributed by atoms with Gasteiger partial charge in [-0.2, -0.15) is 0 Å². The molecule has 1 aliphatic heterocycles. The van der Waals surface area contributed by atoms with Gasteiger partial charge in [-0.25, -0.2) is 9.38 Å². The summed E-state index contributed by atoms with van der Waals surface area (Å²) in [5.41, 5.74) is 0.550. The number of halogens is 3. The van der Waals surface area contributed by atoms with Crippen molar-refractivity contribution >= 4 is 47.4 Å². The Morgan fingerprint density at radius 2 is 1.96 bits per heavy atom. The zero-order chi connectivity index (χ0) is 19.4. The second-order valence-electron chi connectivity index (χ2n) is 7.31. The summed E-state index contributed by atoms with van der Waals surface area (Å²) in [6.45, 7) is 3.78. The van der Waals surface area contributed by atoms with E-state index in [4.69, 9.17) is 11.6 Å². The SMILES string of the molecule is CN(C)C(=O)CN=C(NC1CC1)N1CCN(Cc2c(F)cccc2Cl)CC1.I. The van der Waals surface area contributed by atoms with Gasteiger partial charge in [0, 0.05) is 63.4 Å². The molecule has 1 saturated carbocycles. The second-order valence-corrected chi connectivity index (χ2v) is 7.72. The Morgan fingerprint density at radius 3 is 2.54 bits per heavy atom. The Labute approximate surface area is 188 Å². The minimum absolute atomic E-state index is 0. The molecule has 6 nitrogen and oxygen atoms in total. The molecule has 0 spiro atoms. The number of guanidine groups is 1. The van der Waals surface area contributed by atoms with Gasteiger partial charge in [0.1, 0.15) is 12.4 Å². The van der Waals surface area contributed by atoms with E-state index in [1.54, 1.807) is 31.1 Å². The second kappa shape index (κ2) is 10.6. The van der Waals surface area contributed by atoms with Gasteiger partial charge in [-0.3, -0.25) is 9.69 Å². The van der Waals surface area contributed by atoms with Crippen LogP contribution in [0.4, 0.5) is 4.39 Å². The number of carbonyl (C=O) groups is 1. The Hall–Kier alpha value is -1.13. The number of aliphatic imine (C=N–C) groups is 1. The Morgan fingerprint density at radius 1 is 1.29 bits per heavy atom. The molecule has 1 aromatic carbocycles. The van der Waals surface area contributed by atoms with Gasteiger partial charge in [-0.1, -0.05) is 17.7 Å². The molecule has 28 heavy (non-hydrogen) atoms. The highest BCUT2D eigenvalue weighted by Gasteiger charge is 2.27. The predicted octanol–water partition coefficient (Wildman–Crippen LogP) is 2.41. The van der Waals surface area contributed by atoms with Crippen LogP contribution in [0.1, 0.15) is 18.4 Å². The van der Waals surface area contributed by atoms with Crippen LogP contribution in [-0.4, -0.2) is 79.4 Å². The highest BCUT2D eigenvalue weighted by Crippen LogP contribution is 2.22. The van der Waals surface area contributed by atoms with Crippen molar-refractivity contribution in [2.24, 2.45) is 4.99 Å². The van der Waals surface area contributed by atoms with Crippen LogP contribution in [-0.2, 0) is 11.3 Å². The van der Waals surface area contributed by atoms with E-state index in [2.05, 4.69) is 20.1 Å². The normalized spacial score (nSPS) is 17.9. The fourth-order valence-electron chi connectivity index (χ4n) is 2.96. The number of amides is 1. The van der Waals surface area contributed by atoms with Crippen molar-refractivity contribution in [2.45, 2.75) is 25.4 Å². The maximum atomic E-state index is 14.0. The van der Waals surface area contributed by atoms with E-state index in [1.165, 1.54) is 6.07 Å². The topological polar surface area (TPSA) is 51.2 Å². The van der Waals surface area contributed by atoms with Gasteiger partial charge in [0.05, 0.1) is 0 Å². The van der Waals surface area contributed by atoms with Gasteiger partial charge in [-0.05, 0) is 25.0 Å². The molecular weight excluding hydrogens is 496 g/mol. The number of piperazine rings is 1. The molecule has 1 heterocycles. The maximum absolute atomic E-state index is 14.0. The van der Waals surface area contributed by atoms with E-state index in [-0.39, 0.29) is 42.2 Å². The van der Waals surface area contributed by atoms with Crippen molar-refractivity contribution in [3.63, 3.8) is 0 Å². The van der Waals surface area contributed by atoms with Crippen LogP contribution in [0.5, 0.6) is 0 Å². The molecule has 0 bridgehead atoms. The number of rotatable bonds is 5. The van der Waals surface area contributed by atoms with Crippen molar-refractivity contribution in [1.82, 2.24) is 20.0 Å². The van der Waals surface area contributed by atoms with E-state index in [0.717, 1.165) is 45.0 Å². The van der Waals surface area contributed by atoms with Crippen LogP contribution in [0.2, 0.25) is 5.02 Å². The molecule has 0 aromatic heterocycles. The molecule has 1 aliphatic carbocycles. The van der Waals surface area contributed by atoms with Crippen LogP contribution < -0.4 is 5.32 Å². The monoisotopic (exact) mass is 523 g/mol. The molecule has 2 aliphatic rings. The number of carbonyl (C=O) groups excluding carboxylic acids is 1. The van der Waals surface area contributed by atoms with E-state index < -0.39 is 0 Å². The van der Waals surface area contributed by atoms with E-state index >= 15 is 0 Å². The summed E-state index contributed by atoms with van der Waals surface area (Å²) in [7, 11) is 3.47. The minimum atomic E-state index is -0.259. The van der Waals surface area contributed by atoms with Gasteiger partial charge < -0.3 is 15.1 Å². The first-order valence-corrected chi connectivity index (χ1v) is 9.73. The fraction of sp³-hybridized carbons (Fsp3) is 0.579. The minimum Gasteiger partial charge on any atom is -0.353 e. The largest absolute Gasteiger partial charge is 0.353 e. The molecule has 1 amide bonds. The molecular formula is C19H28ClFIN5O. The van der Waals surface area contributed by atoms with Crippen molar-refractivity contribution in [3.05, 3.63) is 34.6 Å². The Kier molecular flexibility index (Phi) is 8.76. The van der Waals surface area contributed by atoms with Crippen LogP contribution in [0.15, 0.2) is 23.2 Å². The molecule has 0 unspecified atom stereocenters. The first-order chi connectivity index (χ1) is 12.9. The summed E-state index contributed by atoms with van der Waals surface area (Å²) in [6.07, 6.45) is 2.29. The van der Waals surface area contributed by atoms with Crippen molar-refractivity contribution in [1.29, 1.82) is 0 Å². The molecule has 0 radical (unpaired) electrons. The summed E-state index contributed by atoms with van der Waals surface area (Å²) in [5, 5.41) is 3.91. The molecule has 0 atom stereocenters. The highest BCUT2D eigenvalue weighted by molar-refractivity contribution is 14.0. The van der Waals surface area contributed by atoms with Gasteiger partial charge in [0.2, 0.25) is 5.91 Å². The average Bonchev–Trinajstić information content (AvgIpc) is 3.46. The van der Waals surface area contributed by atoms with Crippen molar-refractivity contribution < 1.29 is 9.18 Å². The predicted molar refractivity (Wildman–Crippen MR) is 121 cm³/mol. The third-order valence-corrected chi connectivity index (χ3v) is 5.24. The number of hydrogen-bond acceptors (Lipinski definition) is 3. The van der Waals surface area contributed by atoms with E-state index in [1.807, 2.05) is 0 Å². The number of nitrogens with zero attached hydrogens (tertiary/aromatic N) is 4. The number of nitrogens with one attached hydrogen (secondary N) is 1. The molecule has 9 heteroatoms. The lowest BCUT2D eigenvalue weighted by molar-refractivity contribution is -0.127. The number of hydrogen-bond donors (Lipinski definition) is 1. The first kappa shape index (κ1) is 23.2. The smallest absolute Gasteiger partial charge is 0.243 e. The summed E-state index contributed by atoms with van der Waals surface area (Å²) < 4.78 is 14.0. The number of likely N-dealkylation sites (N-methyl/N-ethyl adjacent to an activating group) is 1. The highest BCUT2D eigenvalue weighted by atomic mass is 127. The molecule has 156 valence electrons. The van der Waals surface area contributed by atoms with E-state index in [0.29, 0.717) is 23.2 Å². The molecule has 3 rings (SSSR count). The lowest BCUT2D eigenvalue weighted by atomic mass is 10.2. The lowest BCUT2D eigenvalue weighted by Gasteiger charge is -2.36. The summed E-state index contributed by atoms with van der Waals surface area (Å²) in [6, 6.07) is 5.26. The molecule has 1 N–H and O–H groups in total. The van der Waals surface area contributed by atoms with Gasteiger partial charge >= 0.3 is 0 Å². The molecule has 1 saturated heterocycles. The van der Waals surface area contributed by atoms with Gasteiger partial charge in [0.25, 0.3) is 0 Å². The summed E-state index contributed by atoms with van der Waals surface area (Å²) in [4.78, 5) is 22.3. The summed E-state index contributed by atoms with van der Waals surface area (Å²) in [5.74, 6) is 0.527. The van der Waals surface area contributed by atoms with Crippen LogP contribution in [0.25, 0.3) is 0 Å². The average molecular weight is 524 g/mol. The zero-order valence-electron chi connectivity index (χ0n) is 16.3. The standard InChI is InChI=1S/C19H27ClFN5O.HI/c1-24(2)18(27)12-22-19(23-14-6-7-14)26-10-8-25(9-11-26)13-15-16(20)4-3-5-17(15)21;/h3-5,14H,6-13H2,1-2H3,(H,22,23);1H. The van der Waals surface area contributed by atoms with Crippen LogP contribution in [0, 0.1) is 5.82 Å². The molecule has 1 aromatic rings. The first-order valence-electron chi connectivity index (χ1n) is 9.35. The third kappa shape index (κ3) is 6.45. The Bertz CT molecular complexity index is 685. The van der Waals surface area contributed by atoms with Crippen molar-refractivity contribution in [2.75, 3.05) is 46.8 Å². The zero-order valence-corrected chi connectivity index (χ0v) is 19.4. The maximum Gasteiger partial charge on any atom is 0.243 e. The van der Waals surface area contributed by atoms with Gasteiger partial charge in [0.15, 0.2) is 5.96 Å². The van der Waals surface area contributed by atoms with Gasteiger partial charge in [-0.15, -0.1) is 24.0 Å². The number of benzene rings is 1. The fourth-order valence-corrected chi connectivity index (χ4v) is 3.18. The van der Waals surface area contributed by atoms with E-state index in [9.17, 15) is 9.18 Å². The lowest BCUT2D eigenvalue weighted by Crippen LogP contribution is -2.52.